The molecule has 1 heterocycles. The van der Waals surface area contributed by atoms with Gasteiger partial charge in [-0.3, -0.25) is 4.79 Å². The third kappa shape index (κ3) is 4.36. The molecule has 6 nitrogen and oxygen atoms in total. The Morgan fingerprint density at radius 2 is 1.93 bits per heavy atom. The van der Waals surface area contributed by atoms with Crippen LogP contribution in [0.4, 0.5) is 5.69 Å². The minimum absolute atomic E-state index is 0.134. The van der Waals surface area contributed by atoms with Crippen LogP contribution in [0.5, 0.6) is 11.5 Å². The highest BCUT2D eigenvalue weighted by Crippen LogP contribution is 2.33. The van der Waals surface area contributed by atoms with E-state index in [0.29, 0.717) is 17.8 Å². The molecule has 2 aromatic rings. The second-order valence-corrected chi connectivity index (χ2v) is 7.59. The van der Waals surface area contributed by atoms with Crippen LogP contribution in [0.15, 0.2) is 47.6 Å². The fourth-order valence-electron chi connectivity index (χ4n) is 3.95. The van der Waals surface area contributed by atoms with Gasteiger partial charge in [0, 0.05) is 23.4 Å². The Morgan fingerprint density at radius 3 is 2.69 bits per heavy atom. The lowest BCUT2D eigenvalue weighted by molar-refractivity contribution is 0.0751. The molecule has 1 amide bonds. The predicted molar refractivity (Wildman–Crippen MR) is 114 cm³/mol. The predicted octanol–water partition coefficient (Wildman–Crippen LogP) is 4.24. The maximum Gasteiger partial charge on any atom is 0.274 e. The van der Waals surface area contributed by atoms with Crippen molar-refractivity contribution < 1.29 is 14.3 Å². The molecule has 1 aliphatic carbocycles. The van der Waals surface area contributed by atoms with Crippen molar-refractivity contribution in [3.05, 3.63) is 53.6 Å². The van der Waals surface area contributed by atoms with E-state index in [1.165, 1.54) is 17.9 Å². The molecule has 1 fully saturated rings. The Balaban J connectivity index is 1.58. The summed E-state index contributed by atoms with van der Waals surface area (Å²) in [6.07, 6.45) is 6.50. The average molecular weight is 393 g/mol. The van der Waals surface area contributed by atoms with Gasteiger partial charge in [-0.05, 0) is 74.9 Å². The molecule has 29 heavy (non-hydrogen) atoms. The highest BCUT2D eigenvalue weighted by molar-refractivity contribution is 6.03. The van der Waals surface area contributed by atoms with Crippen LogP contribution in [-0.4, -0.2) is 36.4 Å². The lowest BCUT2D eigenvalue weighted by Crippen LogP contribution is -2.32. The van der Waals surface area contributed by atoms with Crippen LogP contribution < -0.4 is 15.2 Å². The summed E-state index contributed by atoms with van der Waals surface area (Å²) in [5.41, 5.74) is 8.79. The van der Waals surface area contributed by atoms with Gasteiger partial charge in [-0.2, -0.15) is 5.10 Å². The number of nitrogens with zero attached hydrogens (tertiary/aromatic N) is 2. The number of carbonyl (C=O) groups is 1. The maximum atomic E-state index is 12.8. The Hall–Kier alpha value is -3.02. The summed E-state index contributed by atoms with van der Waals surface area (Å²) < 4.78 is 11.7. The van der Waals surface area contributed by atoms with Crippen molar-refractivity contribution in [1.29, 1.82) is 0 Å². The standard InChI is InChI=1S/C23H27N3O3/c1-28-21-12-11-16(15-22(21)29-19-8-2-3-9-19)20-10-5-13-26(25-20)23(27)17-6-4-7-18(24)14-17/h4,6-7,11-12,14-15,19H,2-3,5,8-10,13,24H2,1H3. The number of benzene rings is 2. The number of hydrazone groups is 1. The molecule has 4 rings (SSSR count). The number of amides is 1. The fourth-order valence-corrected chi connectivity index (χ4v) is 3.95. The van der Waals surface area contributed by atoms with Gasteiger partial charge in [0.2, 0.25) is 0 Å². The lowest BCUT2D eigenvalue weighted by atomic mass is 10.0. The van der Waals surface area contributed by atoms with Gasteiger partial charge < -0.3 is 15.2 Å². The number of hydrogen-bond donors (Lipinski definition) is 1. The number of methoxy groups -OCH3 is 1. The van der Waals surface area contributed by atoms with Crippen molar-refractivity contribution in [2.75, 3.05) is 19.4 Å². The van der Waals surface area contributed by atoms with E-state index in [2.05, 4.69) is 5.10 Å². The normalized spacial score (nSPS) is 17.1. The first-order chi connectivity index (χ1) is 14.1. The van der Waals surface area contributed by atoms with Crippen LogP contribution in [0.1, 0.15) is 54.4 Å². The van der Waals surface area contributed by atoms with Crippen molar-refractivity contribution in [3.63, 3.8) is 0 Å². The second kappa shape index (κ2) is 8.55. The Bertz CT molecular complexity index is 919. The largest absolute Gasteiger partial charge is 0.493 e. The van der Waals surface area contributed by atoms with E-state index in [9.17, 15) is 4.79 Å². The second-order valence-electron chi connectivity index (χ2n) is 7.59. The number of rotatable bonds is 5. The van der Waals surface area contributed by atoms with Crippen LogP contribution in [0, 0.1) is 0 Å². The smallest absolute Gasteiger partial charge is 0.274 e. The van der Waals surface area contributed by atoms with Gasteiger partial charge in [-0.25, -0.2) is 5.01 Å². The summed E-state index contributed by atoms with van der Waals surface area (Å²) in [5.74, 6) is 1.34. The van der Waals surface area contributed by atoms with E-state index in [1.807, 2.05) is 18.2 Å². The molecule has 1 aliphatic heterocycles. The molecule has 0 saturated heterocycles. The molecule has 0 atom stereocenters. The van der Waals surface area contributed by atoms with Crippen LogP contribution >= 0.6 is 0 Å². The molecular formula is C23H27N3O3. The molecule has 0 radical (unpaired) electrons. The summed E-state index contributed by atoms with van der Waals surface area (Å²) in [4.78, 5) is 12.8. The number of hydrogen-bond acceptors (Lipinski definition) is 5. The van der Waals surface area contributed by atoms with Gasteiger partial charge >= 0.3 is 0 Å². The number of ether oxygens (including phenoxy) is 2. The quantitative estimate of drug-likeness (QED) is 0.771. The van der Waals surface area contributed by atoms with E-state index in [4.69, 9.17) is 15.2 Å². The minimum atomic E-state index is -0.134. The molecule has 2 aromatic carbocycles. The topological polar surface area (TPSA) is 77.2 Å². The van der Waals surface area contributed by atoms with Crippen LogP contribution in [0.3, 0.4) is 0 Å². The van der Waals surface area contributed by atoms with Crippen molar-refractivity contribution in [2.24, 2.45) is 5.10 Å². The van der Waals surface area contributed by atoms with E-state index in [-0.39, 0.29) is 12.0 Å². The van der Waals surface area contributed by atoms with Gasteiger partial charge in [0.1, 0.15) is 0 Å². The van der Waals surface area contributed by atoms with Crippen LogP contribution in [0.25, 0.3) is 0 Å². The van der Waals surface area contributed by atoms with Gasteiger partial charge in [-0.15, -0.1) is 0 Å². The maximum absolute atomic E-state index is 12.8. The summed E-state index contributed by atoms with van der Waals surface area (Å²) in [7, 11) is 1.65. The summed E-state index contributed by atoms with van der Waals surface area (Å²) in [6.45, 7) is 0.596. The molecule has 0 spiro atoms. The first-order valence-corrected chi connectivity index (χ1v) is 10.2. The SMILES string of the molecule is COc1ccc(C2=NN(C(=O)c3cccc(N)c3)CCC2)cc1OC1CCCC1. The van der Waals surface area contributed by atoms with Gasteiger partial charge in [0.25, 0.3) is 5.91 Å². The van der Waals surface area contributed by atoms with Crippen LogP contribution in [-0.2, 0) is 0 Å². The molecule has 6 heteroatoms. The molecule has 2 aliphatic rings. The molecule has 152 valence electrons. The van der Waals surface area contributed by atoms with Crippen LogP contribution in [0.2, 0.25) is 0 Å². The van der Waals surface area contributed by atoms with Crippen molar-refractivity contribution >= 4 is 17.3 Å². The van der Waals surface area contributed by atoms with Crippen molar-refractivity contribution in [1.82, 2.24) is 5.01 Å². The molecular weight excluding hydrogens is 366 g/mol. The molecule has 1 saturated carbocycles. The number of anilines is 1. The van der Waals surface area contributed by atoms with Crippen molar-refractivity contribution in [3.8, 4) is 11.5 Å². The fraction of sp³-hybridized carbons (Fsp3) is 0.391. The zero-order valence-electron chi connectivity index (χ0n) is 16.8. The van der Waals surface area contributed by atoms with Gasteiger partial charge in [-0.1, -0.05) is 6.07 Å². The summed E-state index contributed by atoms with van der Waals surface area (Å²) in [5, 5.41) is 6.19. The third-order valence-electron chi connectivity index (χ3n) is 5.49. The highest BCUT2D eigenvalue weighted by Gasteiger charge is 2.23. The van der Waals surface area contributed by atoms with Crippen molar-refractivity contribution in [2.45, 2.75) is 44.6 Å². The van der Waals surface area contributed by atoms with E-state index in [1.54, 1.807) is 31.4 Å². The van der Waals surface area contributed by atoms with E-state index >= 15 is 0 Å². The lowest BCUT2D eigenvalue weighted by Gasteiger charge is -2.24. The first-order valence-electron chi connectivity index (χ1n) is 10.2. The summed E-state index contributed by atoms with van der Waals surface area (Å²) >= 11 is 0. The number of carbonyl (C=O) groups excluding carboxylic acids is 1. The summed E-state index contributed by atoms with van der Waals surface area (Å²) in [6, 6.07) is 12.9. The Kier molecular flexibility index (Phi) is 5.69. The minimum Gasteiger partial charge on any atom is -0.493 e. The third-order valence-corrected chi connectivity index (χ3v) is 5.49. The Morgan fingerprint density at radius 1 is 1.10 bits per heavy atom. The van der Waals surface area contributed by atoms with E-state index in [0.717, 1.165) is 48.5 Å². The van der Waals surface area contributed by atoms with E-state index < -0.39 is 0 Å². The van der Waals surface area contributed by atoms with Gasteiger partial charge in [0.15, 0.2) is 11.5 Å². The monoisotopic (exact) mass is 393 g/mol. The molecule has 2 N–H and O–H groups in total. The number of nitrogens with two attached hydrogens (primary N) is 1. The average Bonchev–Trinajstić information content (AvgIpc) is 3.26. The Labute approximate surface area is 171 Å². The highest BCUT2D eigenvalue weighted by atomic mass is 16.5. The number of nitrogen functional groups attached to an aromatic ring is 1. The molecule has 0 aromatic heterocycles. The molecule has 0 unspecified atom stereocenters. The zero-order valence-corrected chi connectivity index (χ0v) is 16.8. The first kappa shape index (κ1) is 19.3. The molecule has 0 bridgehead atoms. The van der Waals surface area contributed by atoms with Gasteiger partial charge in [0.05, 0.1) is 18.9 Å². The zero-order chi connectivity index (χ0) is 20.2.